The summed E-state index contributed by atoms with van der Waals surface area (Å²) in [6.07, 6.45) is -9.78. The smallest absolute Gasteiger partial charge is 0.340 e. The lowest BCUT2D eigenvalue weighted by Gasteiger charge is -2.39. The number of methoxy groups -OCH3 is 2. The fourth-order valence-corrected chi connectivity index (χ4v) is 5.32. The Morgan fingerprint density at radius 3 is 2.09 bits per heavy atom. The zero-order chi connectivity index (χ0) is 34.2. The minimum atomic E-state index is -1.95. The van der Waals surface area contributed by atoms with Crippen LogP contribution in [0, 0.1) is 0 Å². The predicted octanol–water partition coefficient (Wildman–Crippen LogP) is 0.557. The summed E-state index contributed by atoms with van der Waals surface area (Å²) in [5, 5.41) is 80.3. The summed E-state index contributed by atoms with van der Waals surface area (Å²) in [6, 6.07) is 8.89. The third kappa shape index (κ3) is 6.36. The summed E-state index contributed by atoms with van der Waals surface area (Å²) in [5.74, 6) is -4.89. The maximum Gasteiger partial charge on any atom is 0.340 e. The Balaban J connectivity index is 1.31. The molecule has 2 aliphatic heterocycles. The zero-order valence-corrected chi connectivity index (χ0v) is 24.8. The number of aromatic hydroxyl groups is 4. The molecule has 2 aliphatic rings. The van der Waals surface area contributed by atoms with E-state index in [1.54, 1.807) is 12.1 Å². The first-order valence-corrected chi connectivity index (χ1v) is 14.1. The van der Waals surface area contributed by atoms with Crippen LogP contribution in [0.1, 0.15) is 43.9 Å². The van der Waals surface area contributed by atoms with Gasteiger partial charge < -0.3 is 69.3 Å². The lowest BCUT2D eigenvalue weighted by molar-refractivity contribution is -0.285. The molecule has 7 atom stereocenters. The van der Waals surface area contributed by atoms with E-state index in [0.29, 0.717) is 11.1 Å². The van der Waals surface area contributed by atoms with Crippen LogP contribution in [0.2, 0.25) is 0 Å². The molecule has 0 bridgehead atoms. The van der Waals surface area contributed by atoms with Gasteiger partial charge in [0.05, 0.1) is 37.9 Å². The minimum Gasteiger partial charge on any atom is -0.504 e. The number of phenolic OH excluding ortho intramolecular Hbond substituents is 4. The van der Waals surface area contributed by atoms with Crippen LogP contribution < -0.4 is 14.2 Å². The number of carbonyl (C=O) groups excluding carboxylic acids is 2. The molecule has 0 unspecified atom stereocenters. The lowest BCUT2D eigenvalue weighted by atomic mass is 9.90. The summed E-state index contributed by atoms with van der Waals surface area (Å²) in [5.41, 5.74) is 0.508. The Kier molecular flexibility index (Phi) is 9.50. The first kappa shape index (κ1) is 33.4. The molecule has 0 aliphatic carbocycles. The van der Waals surface area contributed by atoms with Gasteiger partial charge in [0, 0.05) is 5.56 Å². The molecular formula is C31H32O16. The van der Waals surface area contributed by atoms with Gasteiger partial charge >= 0.3 is 11.9 Å². The molecule has 252 valence electrons. The van der Waals surface area contributed by atoms with Crippen molar-refractivity contribution in [3.63, 3.8) is 0 Å². The van der Waals surface area contributed by atoms with E-state index in [9.17, 15) is 50.4 Å². The van der Waals surface area contributed by atoms with Gasteiger partial charge in [-0.3, -0.25) is 0 Å². The second kappa shape index (κ2) is 13.4. The van der Waals surface area contributed by atoms with Gasteiger partial charge in [0.25, 0.3) is 0 Å². The topological polar surface area (TPSA) is 251 Å². The fraction of sp³-hybridized carbons (Fsp3) is 0.355. The maximum atomic E-state index is 13.2. The van der Waals surface area contributed by atoms with Gasteiger partial charge in [-0.15, -0.1) is 0 Å². The molecule has 0 saturated carbocycles. The van der Waals surface area contributed by atoms with E-state index in [1.807, 2.05) is 0 Å². The van der Waals surface area contributed by atoms with Crippen molar-refractivity contribution in [2.75, 3.05) is 27.4 Å². The van der Waals surface area contributed by atoms with Gasteiger partial charge in [0.2, 0.25) is 6.29 Å². The molecule has 3 aromatic carbocycles. The van der Waals surface area contributed by atoms with Crippen molar-refractivity contribution in [1.82, 2.24) is 0 Å². The maximum absolute atomic E-state index is 13.2. The van der Waals surface area contributed by atoms with Crippen LogP contribution in [-0.4, -0.2) is 111 Å². The van der Waals surface area contributed by atoms with Crippen LogP contribution in [0.4, 0.5) is 0 Å². The first-order chi connectivity index (χ1) is 22.4. The highest BCUT2D eigenvalue weighted by atomic mass is 16.7. The van der Waals surface area contributed by atoms with E-state index >= 15 is 0 Å². The number of phenols is 4. The molecule has 47 heavy (non-hydrogen) atoms. The number of rotatable bonds is 9. The standard InChI is InChI=1S/C31H32O16/c1-42-20-8-12(3-4-17(20)33)27-16(10-32)15-5-13(9-21(43-2)28(15)46-27)29(40)44-11-22-24(37)25(38)26(39)31(45-22)47-30(41)14-6-18(34)23(36)19(35)7-14/h3-9,16,22,24-27,31-39H,10-11H2,1-2H3/t16-,22+,24+,25-,26+,27+,31-/m0/s1. The van der Waals surface area contributed by atoms with Gasteiger partial charge in [0.1, 0.15) is 37.1 Å². The average Bonchev–Trinajstić information content (AvgIpc) is 3.44. The fourth-order valence-electron chi connectivity index (χ4n) is 5.32. The number of esters is 2. The summed E-state index contributed by atoms with van der Waals surface area (Å²) in [6.45, 7) is -1.08. The largest absolute Gasteiger partial charge is 0.504 e. The minimum absolute atomic E-state index is 0.0348. The molecule has 16 nitrogen and oxygen atoms in total. The van der Waals surface area contributed by atoms with Crippen molar-refractivity contribution in [2.24, 2.45) is 0 Å². The number of benzene rings is 3. The molecule has 2 heterocycles. The first-order valence-electron chi connectivity index (χ1n) is 14.1. The molecular weight excluding hydrogens is 628 g/mol. The van der Waals surface area contributed by atoms with Crippen LogP contribution in [0.3, 0.4) is 0 Å². The Bertz CT molecular complexity index is 1630. The Morgan fingerprint density at radius 1 is 0.787 bits per heavy atom. The van der Waals surface area contributed by atoms with Crippen molar-refractivity contribution in [1.29, 1.82) is 0 Å². The van der Waals surface area contributed by atoms with Crippen molar-refractivity contribution in [3.8, 4) is 40.2 Å². The Morgan fingerprint density at radius 2 is 1.45 bits per heavy atom. The van der Waals surface area contributed by atoms with Gasteiger partial charge in [-0.2, -0.15) is 0 Å². The number of aliphatic hydroxyl groups is 4. The van der Waals surface area contributed by atoms with Crippen molar-refractivity contribution in [2.45, 2.75) is 42.7 Å². The predicted molar refractivity (Wildman–Crippen MR) is 155 cm³/mol. The highest BCUT2D eigenvalue weighted by Gasteiger charge is 2.46. The van der Waals surface area contributed by atoms with E-state index in [1.165, 1.54) is 32.4 Å². The number of fused-ring (bicyclic) bond motifs is 1. The van der Waals surface area contributed by atoms with Crippen LogP contribution in [0.25, 0.3) is 0 Å². The Labute approximate surface area is 266 Å². The summed E-state index contributed by atoms with van der Waals surface area (Å²) in [4.78, 5) is 25.8. The summed E-state index contributed by atoms with van der Waals surface area (Å²) >= 11 is 0. The number of hydrogen-bond acceptors (Lipinski definition) is 16. The SMILES string of the molecule is COc1cc([C@H]2Oc3c(OC)cc(C(=O)OC[C@H]4O[C@@H](OC(=O)c5cc(O)c(O)c(O)c5)[C@H](O)[C@@H](O)[C@@H]4O)cc3[C@@H]2CO)ccc1O. The van der Waals surface area contributed by atoms with Gasteiger partial charge in [-0.1, -0.05) is 6.07 Å². The van der Waals surface area contributed by atoms with E-state index in [2.05, 4.69) is 0 Å². The summed E-state index contributed by atoms with van der Waals surface area (Å²) in [7, 11) is 2.73. The third-order valence-corrected chi connectivity index (χ3v) is 7.85. The van der Waals surface area contributed by atoms with Crippen molar-refractivity contribution < 1.29 is 78.9 Å². The van der Waals surface area contributed by atoms with E-state index in [4.69, 9.17) is 28.4 Å². The molecule has 1 saturated heterocycles. The van der Waals surface area contributed by atoms with E-state index in [0.717, 1.165) is 12.1 Å². The molecule has 0 aromatic heterocycles. The van der Waals surface area contributed by atoms with Crippen LogP contribution in [0.15, 0.2) is 42.5 Å². The number of hydrogen-bond donors (Lipinski definition) is 8. The number of carbonyl (C=O) groups is 2. The zero-order valence-electron chi connectivity index (χ0n) is 24.8. The molecule has 0 amide bonds. The van der Waals surface area contributed by atoms with Gasteiger partial charge in [-0.25, -0.2) is 9.59 Å². The molecule has 0 spiro atoms. The highest BCUT2D eigenvalue weighted by Crippen LogP contribution is 2.51. The van der Waals surface area contributed by atoms with Crippen molar-refractivity contribution in [3.05, 3.63) is 64.7 Å². The van der Waals surface area contributed by atoms with E-state index in [-0.39, 0.29) is 28.6 Å². The van der Waals surface area contributed by atoms with Gasteiger partial charge in [-0.05, 0) is 42.0 Å². The van der Waals surface area contributed by atoms with Crippen LogP contribution in [-0.2, 0) is 14.2 Å². The number of ether oxygens (including phenoxy) is 6. The second-order valence-electron chi connectivity index (χ2n) is 10.7. The molecule has 16 heteroatoms. The van der Waals surface area contributed by atoms with Crippen LogP contribution >= 0.6 is 0 Å². The quantitative estimate of drug-likeness (QED) is 0.115. The molecule has 3 aromatic rings. The molecule has 8 N–H and O–H groups in total. The normalized spacial score (nSPS) is 24.9. The van der Waals surface area contributed by atoms with Crippen molar-refractivity contribution >= 4 is 11.9 Å². The second-order valence-corrected chi connectivity index (χ2v) is 10.7. The summed E-state index contributed by atoms with van der Waals surface area (Å²) < 4.78 is 32.5. The monoisotopic (exact) mass is 660 g/mol. The average molecular weight is 661 g/mol. The third-order valence-electron chi connectivity index (χ3n) is 7.85. The molecule has 0 radical (unpaired) electrons. The highest BCUT2D eigenvalue weighted by molar-refractivity contribution is 5.91. The molecule has 5 rings (SSSR count). The van der Waals surface area contributed by atoms with E-state index < -0.39 is 90.7 Å². The number of aliphatic hydroxyl groups excluding tert-OH is 4. The van der Waals surface area contributed by atoms with Gasteiger partial charge in [0.15, 0.2) is 40.2 Å². The van der Waals surface area contributed by atoms with Crippen LogP contribution in [0.5, 0.6) is 40.2 Å². The lowest BCUT2D eigenvalue weighted by Crippen LogP contribution is -2.59. The molecule has 1 fully saturated rings. The Hall–Kier alpha value is -5.00.